The molecule has 0 amide bonds. The minimum atomic E-state index is -5.02. The van der Waals surface area contributed by atoms with Crippen molar-refractivity contribution >= 4 is 12.4 Å². The first-order chi connectivity index (χ1) is 11.6. The maximum absolute atomic E-state index is 13.5. The van der Waals surface area contributed by atoms with Crippen molar-refractivity contribution in [1.82, 2.24) is 10.2 Å². The largest absolute Gasteiger partial charge is 0.496 e. The number of nitrogens with one attached hydrogen (secondary N) is 1. The first kappa shape index (κ1) is 22.8. The summed E-state index contributed by atoms with van der Waals surface area (Å²) in [6.07, 6.45) is -9.97. The lowest BCUT2D eigenvalue weighted by molar-refractivity contribution is -0.144. The monoisotopic (exact) mass is 408 g/mol. The number of benzene rings is 1. The fourth-order valence-corrected chi connectivity index (χ4v) is 2.92. The van der Waals surface area contributed by atoms with Gasteiger partial charge in [-0.3, -0.25) is 4.90 Å². The minimum absolute atomic E-state index is 0. The van der Waals surface area contributed by atoms with Gasteiger partial charge in [0.05, 0.1) is 30.9 Å². The van der Waals surface area contributed by atoms with Gasteiger partial charge in [-0.25, -0.2) is 0 Å². The summed E-state index contributed by atoms with van der Waals surface area (Å²) < 4.78 is 84.1. The third-order valence-corrected chi connectivity index (χ3v) is 4.09. The molecular formula is C15H19ClF6N2O2. The van der Waals surface area contributed by atoms with Crippen LogP contribution in [-0.4, -0.2) is 49.9 Å². The number of aliphatic hydroxyl groups is 1. The fourth-order valence-electron chi connectivity index (χ4n) is 2.92. The van der Waals surface area contributed by atoms with Crippen LogP contribution in [0.5, 0.6) is 5.75 Å². The van der Waals surface area contributed by atoms with E-state index in [0.29, 0.717) is 32.2 Å². The summed E-state index contributed by atoms with van der Waals surface area (Å²) in [6, 6.07) is -0.506. The van der Waals surface area contributed by atoms with Crippen molar-refractivity contribution in [3.05, 3.63) is 28.8 Å². The lowest BCUT2D eigenvalue weighted by Gasteiger charge is -2.36. The Balaban J connectivity index is 0.00000338. The first-order valence-electron chi connectivity index (χ1n) is 7.51. The Labute approximate surface area is 152 Å². The molecule has 0 spiro atoms. The molecule has 0 saturated carbocycles. The van der Waals surface area contributed by atoms with Crippen molar-refractivity contribution in [2.75, 3.05) is 39.9 Å². The predicted octanol–water partition coefficient (Wildman–Crippen LogP) is 3.09. The Morgan fingerprint density at radius 1 is 1.12 bits per heavy atom. The van der Waals surface area contributed by atoms with Gasteiger partial charge < -0.3 is 15.2 Å². The van der Waals surface area contributed by atoms with Crippen molar-refractivity contribution in [1.29, 1.82) is 0 Å². The molecule has 1 aliphatic heterocycles. The van der Waals surface area contributed by atoms with Gasteiger partial charge in [0.25, 0.3) is 0 Å². The topological polar surface area (TPSA) is 44.7 Å². The normalized spacial score (nSPS) is 17.5. The molecule has 0 radical (unpaired) electrons. The number of hydrogen-bond donors (Lipinski definition) is 2. The molecule has 11 heteroatoms. The van der Waals surface area contributed by atoms with Gasteiger partial charge >= 0.3 is 12.4 Å². The van der Waals surface area contributed by atoms with Crippen LogP contribution in [0.4, 0.5) is 26.3 Å². The van der Waals surface area contributed by atoms with Crippen molar-refractivity contribution in [2.45, 2.75) is 18.4 Å². The second kappa shape index (κ2) is 8.64. The zero-order chi connectivity index (χ0) is 18.8. The Morgan fingerprint density at radius 2 is 1.69 bits per heavy atom. The molecule has 26 heavy (non-hydrogen) atoms. The van der Waals surface area contributed by atoms with Gasteiger partial charge in [0.15, 0.2) is 0 Å². The zero-order valence-electron chi connectivity index (χ0n) is 13.7. The molecule has 1 aromatic rings. The molecule has 0 aromatic heterocycles. The Bertz CT molecular complexity index is 603. The van der Waals surface area contributed by atoms with Crippen molar-refractivity contribution in [2.24, 2.45) is 0 Å². The van der Waals surface area contributed by atoms with Crippen molar-refractivity contribution in [3.8, 4) is 5.75 Å². The van der Waals surface area contributed by atoms with Gasteiger partial charge in [0.1, 0.15) is 5.75 Å². The average molecular weight is 409 g/mol. The lowest BCUT2D eigenvalue weighted by atomic mass is 9.94. The van der Waals surface area contributed by atoms with Crippen LogP contribution in [0.3, 0.4) is 0 Å². The van der Waals surface area contributed by atoms with Crippen LogP contribution in [0.1, 0.15) is 22.7 Å². The van der Waals surface area contributed by atoms with E-state index in [1.807, 2.05) is 0 Å². The molecule has 0 bridgehead atoms. The first-order valence-corrected chi connectivity index (χ1v) is 7.51. The van der Waals surface area contributed by atoms with Crippen LogP contribution in [0.2, 0.25) is 0 Å². The van der Waals surface area contributed by atoms with E-state index in [1.165, 1.54) is 0 Å². The number of aliphatic hydroxyl groups excluding tert-OH is 1. The molecule has 1 aromatic carbocycles. The number of piperazine rings is 1. The molecule has 2 N–H and O–H groups in total. The Morgan fingerprint density at radius 3 is 2.12 bits per heavy atom. The molecular weight excluding hydrogens is 390 g/mol. The summed E-state index contributed by atoms with van der Waals surface area (Å²) in [6.45, 7) is 1.03. The van der Waals surface area contributed by atoms with Crippen molar-refractivity contribution in [3.63, 3.8) is 0 Å². The minimum Gasteiger partial charge on any atom is -0.496 e. The van der Waals surface area contributed by atoms with Gasteiger partial charge in [-0.05, 0) is 12.1 Å². The summed E-state index contributed by atoms with van der Waals surface area (Å²) in [5.74, 6) is -0.542. The average Bonchev–Trinajstić information content (AvgIpc) is 2.54. The standard InChI is InChI=1S/C15H18F6N2O2.ClH/c1-25-12-7-9(14(16,17)18)6-10(15(19,20)21)13(12)11(8-24)23-4-2-22-3-5-23;/h6-7,11,22,24H,2-5,8H2,1H3;1H/t11-;/m0./s1. The smallest absolute Gasteiger partial charge is 0.416 e. The molecule has 2 rings (SSSR count). The van der Waals surface area contributed by atoms with Gasteiger partial charge in [0, 0.05) is 31.7 Å². The molecule has 1 saturated heterocycles. The van der Waals surface area contributed by atoms with Crippen LogP contribution < -0.4 is 10.1 Å². The predicted molar refractivity (Wildman–Crippen MR) is 84.5 cm³/mol. The molecule has 150 valence electrons. The van der Waals surface area contributed by atoms with E-state index in [-0.39, 0.29) is 18.5 Å². The highest BCUT2D eigenvalue weighted by Gasteiger charge is 2.42. The highest BCUT2D eigenvalue weighted by Crippen LogP contribution is 2.44. The highest BCUT2D eigenvalue weighted by atomic mass is 35.5. The highest BCUT2D eigenvalue weighted by molar-refractivity contribution is 5.85. The van der Waals surface area contributed by atoms with Gasteiger partial charge in [-0.2, -0.15) is 26.3 Å². The summed E-state index contributed by atoms with van der Waals surface area (Å²) >= 11 is 0. The molecule has 0 unspecified atom stereocenters. The van der Waals surface area contributed by atoms with Crippen LogP contribution in [0.25, 0.3) is 0 Å². The van der Waals surface area contributed by atoms with Crippen molar-refractivity contribution < 1.29 is 36.2 Å². The number of alkyl halides is 6. The van der Waals surface area contributed by atoms with Crippen LogP contribution in [0.15, 0.2) is 12.1 Å². The Hall–Kier alpha value is -1.23. The lowest BCUT2D eigenvalue weighted by Crippen LogP contribution is -2.46. The van der Waals surface area contributed by atoms with Gasteiger partial charge in [-0.1, -0.05) is 0 Å². The number of ether oxygens (including phenoxy) is 1. The van der Waals surface area contributed by atoms with Gasteiger partial charge in [-0.15, -0.1) is 12.4 Å². The van der Waals surface area contributed by atoms with Crippen LogP contribution in [0, 0.1) is 0 Å². The second-order valence-corrected chi connectivity index (χ2v) is 5.62. The molecule has 1 heterocycles. The number of rotatable bonds is 4. The zero-order valence-corrected chi connectivity index (χ0v) is 14.6. The molecule has 1 atom stereocenters. The summed E-state index contributed by atoms with van der Waals surface area (Å²) in [5, 5.41) is 12.7. The van der Waals surface area contributed by atoms with E-state index in [1.54, 1.807) is 4.90 Å². The maximum Gasteiger partial charge on any atom is 0.416 e. The SMILES string of the molecule is COc1cc(C(F)(F)F)cc(C(F)(F)F)c1[C@H](CO)N1CCNCC1.Cl. The maximum atomic E-state index is 13.5. The number of nitrogens with zero attached hydrogens (tertiary/aromatic N) is 1. The van der Waals surface area contributed by atoms with Crippen LogP contribution in [-0.2, 0) is 12.4 Å². The third-order valence-electron chi connectivity index (χ3n) is 4.09. The second-order valence-electron chi connectivity index (χ2n) is 5.62. The number of halogens is 7. The number of methoxy groups -OCH3 is 1. The number of hydrogen-bond acceptors (Lipinski definition) is 4. The Kier molecular flexibility index (Phi) is 7.58. The van der Waals surface area contributed by atoms with Gasteiger partial charge in [0.2, 0.25) is 0 Å². The summed E-state index contributed by atoms with van der Waals surface area (Å²) in [5.41, 5.74) is -3.37. The van der Waals surface area contributed by atoms with E-state index >= 15 is 0 Å². The fraction of sp³-hybridized carbons (Fsp3) is 0.600. The third kappa shape index (κ3) is 4.93. The van der Waals surface area contributed by atoms with E-state index in [4.69, 9.17) is 4.74 Å². The van der Waals surface area contributed by atoms with Crippen LogP contribution >= 0.6 is 12.4 Å². The van der Waals surface area contributed by atoms with E-state index < -0.39 is 47.4 Å². The molecule has 4 nitrogen and oxygen atoms in total. The summed E-state index contributed by atoms with van der Waals surface area (Å²) in [4.78, 5) is 1.59. The van der Waals surface area contributed by atoms with E-state index in [9.17, 15) is 31.4 Å². The molecule has 1 aliphatic rings. The quantitative estimate of drug-likeness (QED) is 0.752. The summed E-state index contributed by atoms with van der Waals surface area (Å²) in [7, 11) is 1.01. The molecule has 0 aliphatic carbocycles. The van der Waals surface area contributed by atoms with E-state index in [0.717, 1.165) is 7.11 Å². The molecule has 1 fully saturated rings. The van der Waals surface area contributed by atoms with E-state index in [2.05, 4.69) is 5.32 Å².